The van der Waals surface area contributed by atoms with Gasteiger partial charge in [0.15, 0.2) is 5.17 Å². The molecule has 1 N–H and O–H groups in total. The molecule has 0 saturated carbocycles. The number of pyridine rings is 1. The molecule has 2 heterocycles. The number of amides is 1. The van der Waals surface area contributed by atoms with E-state index in [1.807, 2.05) is 43.3 Å². The third-order valence-electron chi connectivity index (χ3n) is 4.52. The highest BCUT2D eigenvalue weighted by atomic mass is 32.2. The molecular weight excluding hydrogens is 401 g/mol. The van der Waals surface area contributed by atoms with Gasteiger partial charge in [0.2, 0.25) is 0 Å². The lowest BCUT2D eigenvalue weighted by Gasteiger charge is -2.07. The molecule has 0 saturated heterocycles. The number of aromatic nitrogens is 1. The van der Waals surface area contributed by atoms with Crippen molar-refractivity contribution in [1.82, 2.24) is 10.3 Å². The summed E-state index contributed by atoms with van der Waals surface area (Å²) in [5.41, 5.74) is 2.61. The summed E-state index contributed by atoms with van der Waals surface area (Å²) < 4.78 is 18.9. The maximum absolute atomic E-state index is 13.3. The molecule has 0 atom stereocenters. The zero-order valence-electron chi connectivity index (χ0n) is 16.4. The molecule has 0 spiro atoms. The Balaban J connectivity index is 1.44. The van der Waals surface area contributed by atoms with Crippen molar-refractivity contribution < 1.29 is 13.9 Å². The second kappa shape index (κ2) is 9.09. The number of amidine groups is 1. The maximum atomic E-state index is 13.3. The van der Waals surface area contributed by atoms with E-state index in [1.165, 1.54) is 23.9 Å². The first kappa shape index (κ1) is 20.1. The Hall–Kier alpha value is -3.19. The third kappa shape index (κ3) is 4.68. The predicted molar refractivity (Wildman–Crippen MR) is 119 cm³/mol. The first-order valence-electron chi connectivity index (χ1n) is 9.65. The second-order valence-corrected chi connectivity index (χ2v) is 7.69. The Kier molecular flexibility index (Phi) is 6.09. The lowest BCUT2D eigenvalue weighted by atomic mass is 10.1. The molecule has 0 radical (unpaired) electrons. The van der Waals surface area contributed by atoms with Gasteiger partial charge in [-0.05, 0) is 72.6 Å². The molecule has 3 aromatic rings. The zero-order valence-corrected chi connectivity index (χ0v) is 17.2. The van der Waals surface area contributed by atoms with Crippen molar-refractivity contribution >= 4 is 39.8 Å². The summed E-state index contributed by atoms with van der Waals surface area (Å²) in [6, 6.07) is 14.1. The van der Waals surface area contributed by atoms with Crippen LogP contribution in [0.3, 0.4) is 0 Å². The van der Waals surface area contributed by atoms with Crippen molar-refractivity contribution in [3.63, 3.8) is 0 Å². The SMILES string of the molecule is CCOc1ccnc2ccc(/C=C3\SC(NCCc4cccc(F)c4)=NC3=O)cc12. The Morgan fingerprint density at radius 3 is 2.93 bits per heavy atom. The highest BCUT2D eigenvalue weighted by molar-refractivity contribution is 8.18. The van der Waals surface area contributed by atoms with E-state index in [1.54, 1.807) is 12.3 Å². The average Bonchev–Trinajstić information content (AvgIpc) is 3.08. The van der Waals surface area contributed by atoms with E-state index in [2.05, 4.69) is 15.3 Å². The number of fused-ring (bicyclic) bond motifs is 1. The standard InChI is InChI=1S/C23H20FN3O2S/c1-2-29-20-9-11-25-19-7-6-16(13-18(19)20)14-21-22(28)27-23(30-21)26-10-8-15-4-3-5-17(24)12-15/h3-7,9,11-14H,2,8,10H2,1H3,(H,26,27,28)/b21-14-. The number of hydrogen-bond acceptors (Lipinski definition) is 5. The lowest BCUT2D eigenvalue weighted by Crippen LogP contribution is -2.21. The second-order valence-electron chi connectivity index (χ2n) is 6.66. The summed E-state index contributed by atoms with van der Waals surface area (Å²) in [5, 5.41) is 4.61. The van der Waals surface area contributed by atoms with Crippen LogP contribution >= 0.6 is 11.8 Å². The highest BCUT2D eigenvalue weighted by Crippen LogP contribution is 2.30. The molecular formula is C23H20FN3O2S. The Morgan fingerprint density at radius 2 is 2.10 bits per heavy atom. The molecule has 0 bridgehead atoms. The van der Waals surface area contributed by atoms with Gasteiger partial charge >= 0.3 is 0 Å². The van der Waals surface area contributed by atoms with Crippen LogP contribution in [0.25, 0.3) is 17.0 Å². The Morgan fingerprint density at radius 1 is 1.20 bits per heavy atom. The van der Waals surface area contributed by atoms with E-state index in [0.717, 1.165) is 27.8 Å². The molecule has 0 unspecified atom stereocenters. The van der Waals surface area contributed by atoms with Crippen molar-refractivity contribution in [3.05, 3.63) is 76.6 Å². The molecule has 0 aliphatic carbocycles. The Bertz CT molecular complexity index is 1160. The van der Waals surface area contributed by atoms with Crippen LogP contribution in [0, 0.1) is 5.82 Å². The van der Waals surface area contributed by atoms with Crippen molar-refractivity contribution in [2.45, 2.75) is 13.3 Å². The monoisotopic (exact) mass is 421 g/mol. The topological polar surface area (TPSA) is 63.6 Å². The number of halogens is 1. The molecule has 4 rings (SSSR count). The van der Waals surface area contributed by atoms with Gasteiger partial charge in [-0.15, -0.1) is 0 Å². The fraction of sp³-hybridized carbons (Fsp3) is 0.174. The van der Waals surface area contributed by atoms with E-state index in [-0.39, 0.29) is 11.7 Å². The number of hydrogen-bond donors (Lipinski definition) is 1. The molecule has 1 amide bonds. The fourth-order valence-corrected chi connectivity index (χ4v) is 3.99. The van der Waals surface area contributed by atoms with Crippen LogP contribution in [0.1, 0.15) is 18.1 Å². The molecule has 1 aliphatic heterocycles. The zero-order chi connectivity index (χ0) is 20.9. The summed E-state index contributed by atoms with van der Waals surface area (Å²) >= 11 is 1.30. The molecule has 1 aliphatic rings. The fourth-order valence-electron chi connectivity index (χ4n) is 3.15. The van der Waals surface area contributed by atoms with Gasteiger partial charge in [-0.25, -0.2) is 4.39 Å². The Labute approximate surface area is 178 Å². The van der Waals surface area contributed by atoms with Crippen molar-refractivity contribution in [2.24, 2.45) is 4.99 Å². The molecule has 0 fully saturated rings. The highest BCUT2D eigenvalue weighted by Gasteiger charge is 2.21. The summed E-state index contributed by atoms with van der Waals surface area (Å²) in [5.74, 6) is 0.243. The summed E-state index contributed by atoms with van der Waals surface area (Å²) in [4.78, 5) is 21.3. The van der Waals surface area contributed by atoms with E-state index in [0.29, 0.717) is 29.6 Å². The van der Waals surface area contributed by atoms with E-state index >= 15 is 0 Å². The van der Waals surface area contributed by atoms with E-state index in [9.17, 15) is 9.18 Å². The lowest BCUT2D eigenvalue weighted by molar-refractivity contribution is -0.113. The van der Waals surface area contributed by atoms with Gasteiger partial charge in [-0.3, -0.25) is 9.78 Å². The molecule has 1 aromatic heterocycles. The number of ether oxygens (including phenoxy) is 1. The van der Waals surface area contributed by atoms with E-state index in [4.69, 9.17) is 4.74 Å². The summed E-state index contributed by atoms with van der Waals surface area (Å²) in [6.07, 6.45) is 4.18. The maximum Gasteiger partial charge on any atom is 0.286 e. The number of nitrogens with zero attached hydrogens (tertiary/aromatic N) is 2. The first-order chi connectivity index (χ1) is 14.6. The van der Waals surface area contributed by atoms with Crippen LogP contribution in [0.4, 0.5) is 4.39 Å². The van der Waals surface area contributed by atoms with Crippen LogP contribution in [-0.4, -0.2) is 29.2 Å². The van der Waals surface area contributed by atoms with Crippen molar-refractivity contribution in [2.75, 3.05) is 13.2 Å². The van der Waals surface area contributed by atoms with E-state index < -0.39 is 0 Å². The minimum atomic E-state index is -0.274. The summed E-state index contributed by atoms with van der Waals surface area (Å²) in [7, 11) is 0. The minimum Gasteiger partial charge on any atom is -0.493 e. The normalized spacial score (nSPS) is 14.9. The van der Waals surface area contributed by atoms with Crippen LogP contribution in [0.2, 0.25) is 0 Å². The number of benzene rings is 2. The third-order valence-corrected chi connectivity index (χ3v) is 5.46. The number of nitrogens with one attached hydrogen (secondary N) is 1. The van der Waals surface area contributed by atoms with Crippen molar-refractivity contribution in [3.8, 4) is 5.75 Å². The number of aliphatic imine (C=N–C) groups is 1. The number of rotatable bonds is 6. The van der Waals surface area contributed by atoms with Crippen LogP contribution in [0.5, 0.6) is 5.75 Å². The van der Waals surface area contributed by atoms with Crippen LogP contribution < -0.4 is 10.1 Å². The van der Waals surface area contributed by atoms with Crippen LogP contribution in [0.15, 0.2) is 64.6 Å². The molecule has 7 heteroatoms. The smallest absolute Gasteiger partial charge is 0.286 e. The molecule has 152 valence electrons. The number of carbonyl (C=O) groups excluding carboxylic acids is 1. The average molecular weight is 421 g/mol. The van der Waals surface area contributed by atoms with Gasteiger partial charge in [-0.2, -0.15) is 4.99 Å². The molecule has 5 nitrogen and oxygen atoms in total. The van der Waals surface area contributed by atoms with Gasteiger partial charge in [0.05, 0.1) is 17.0 Å². The molecule has 2 aromatic carbocycles. The number of thioether (sulfide) groups is 1. The van der Waals surface area contributed by atoms with Crippen LogP contribution in [-0.2, 0) is 11.2 Å². The van der Waals surface area contributed by atoms with Gasteiger partial charge < -0.3 is 10.1 Å². The number of carbonyl (C=O) groups is 1. The largest absolute Gasteiger partial charge is 0.493 e. The van der Waals surface area contributed by atoms with Gasteiger partial charge in [0.25, 0.3) is 5.91 Å². The molecule has 30 heavy (non-hydrogen) atoms. The summed E-state index contributed by atoms with van der Waals surface area (Å²) in [6.45, 7) is 3.07. The van der Waals surface area contributed by atoms with Gasteiger partial charge in [0.1, 0.15) is 11.6 Å². The quantitative estimate of drug-likeness (QED) is 0.591. The van der Waals surface area contributed by atoms with Gasteiger partial charge in [-0.1, -0.05) is 18.2 Å². The minimum absolute atomic E-state index is 0.251. The van der Waals surface area contributed by atoms with Crippen molar-refractivity contribution in [1.29, 1.82) is 0 Å². The first-order valence-corrected chi connectivity index (χ1v) is 10.5. The van der Waals surface area contributed by atoms with Gasteiger partial charge in [0, 0.05) is 18.1 Å². The predicted octanol–water partition coefficient (Wildman–Crippen LogP) is 4.58.